The Morgan fingerprint density at radius 1 is 1.38 bits per heavy atom. The summed E-state index contributed by atoms with van der Waals surface area (Å²) >= 11 is 1.33. The van der Waals surface area contributed by atoms with Crippen molar-refractivity contribution >= 4 is 51.3 Å². The van der Waals surface area contributed by atoms with Gasteiger partial charge in [0.25, 0.3) is 5.69 Å². The van der Waals surface area contributed by atoms with Crippen LogP contribution in [-0.2, 0) is 0 Å². The Morgan fingerprint density at radius 3 is 2.71 bits per heavy atom. The first-order valence-electron chi connectivity index (χ1n) is 6.10. The van der Waals surface area contributed by atoms with E-state index in [0.717, 1.165) is 28.7 Å². The normalized spacial score (nSPS) is 16.4. The fourth-order valence-corrected chi connectivity index (χ4v) is 2.65. The SMILES string of the molecule is Br.CCC1=NSC2=NCC(c3ccc([N+](=O)[O-])cc3)=NN12. The number of hydrogen-bond acceptors (Lipinski definition) is 7. The molecule has 0 amide bonds. The van der Waals surface area contributed by atoms with Crippen molar-refractivity contribution in [3.05, 3.63) is 39.9 Å². The largest absolute Gasteiger partial charge is 0.269 e. The molecule has 0 fully saturated rings. The summed E-state index contributed by atoms with van der Waals surface area (Å²) in [6.07, 6.45) is 0.781. The molecule has 1 aromatic rings. The maximum absolute atomic E-state index is 10.6. The van der Waals surface area contributed by atoms with Gasteiger partial charge in [-0.1, -0.05) is 6.92 Å². The van der Waals surface area contributed by atoms with Crippen LogP contribution in [0.4, 0.5) is 5.69 Å². The van der Waals surface area contributed by atoms with Gasteiger partial charge in [-0.3, -0.25) is 15.1 Å². The van der Waals surface area contributed by atoms with Gasteiger partial charge in [-0.05, 0) is 12.1 Å². The molecule has 0 aromatic heterocycles. The van der Waals surface area contributed by atoms with Crippen LogP contribution in [0.2, 0.25) is 0 Å². The van der Waals surface area contributed by atoms with Gasteiger partial charge in [-0.25, -0.2) is 0 Å². The zero-order chi connectivity index (χ0) is 14.1. The summed E-state index contributed by atoms with van der Waals surface area (Å²) in [5.74, 6) is 0.868. The number of benzene rings is 1. The number of rotatable bonds is 3. The molecule has 1 aromatic carbocycles. The van der Waals surface area contributed by atoms with Gasteiger partial charge in [0, 0.05) is 24.1 Å². The molecule has 0 aliphatic carbocycles. The van der Waals surface area contributed by atoms with Crippen molar-refractivity contribution in [2.24, 2.45) is 14.5 Å². The van der Waals surface area contributed by atoms with Gasteiger partial charge in [0.15, 0.2) is 0 Å². The lowest BCUT2D eigenvalue weighted by Crippen LogP contribution is -2.31. The molecule has 110 valence electrons. The highest BCUT2D eigenvalue weighted by Crippen LogP contribution is 2.25. The molecule has 0 spiro atoms. The number of fused-ring (bicyclic) bond motifs is 1. The van der Waals surface area contributed by atoms with Crippen molar-refractivity contribution in [3.63, 3.8) is 0 Å². The Hall–Kier alpha value is -1.74. The van der Waals surface area contributed by atoms with E-state index in [1.165, 1.54) is 24.1 Å². The fourth-order valence-electron chi connectivity index (χ4n) is 1.91. The van der Waals surface area contributed by atoms with Crippen molar-refractivity contribution in [3.8, 4) is 0 Å². The van der Waals surface area contributed by atoms with Gasteiger partial charge in [-0.2, -0.15) is 14.5 Å². The van der Waals surface area contributed by atoms with E-state index in [1.54, 1.807) is 17.1 Å². The third kappa shape index (κ3) is 2.98. The van der Waals surface area contributed by atoms with E-state index in [1.807, 2.05) is 6.92 Å². The predicted octanol–water partition coefficient (Wildman–Crippen LogP) is 3.02. The third-order valence-corrected chi connectivity index (χ3v) is 3.74. The Bertz CT molecular complexity index is 656. The number of nitrogens with zero attached hydrogens (tertiary/aromatic N) is 5. The van der Waals surface area contributed by atoms with Crippen LogP contribution in [0.1, 0.15) is 18.9 Å². The van der Waals surface area contributed by atoms with Crippen LogP contribution in [0.3, 0.4) is 0 Å². The summed E-state index contributed by atoms with van der Waals surface area (Å²) in [7, 11) is 0. The molecule has 0 atom stereocenters. The Morgan fingerprint density at radius 2 is 2.10 bits per heavy atom. The first kappa shape index (κ1) is 15.6. The third-order valence-electron chi connectivity index (χ3n) is 2.97. The second-order valence-corrected chi connectivity index (χ2v) is 4.94. The van der Waals surface area contributed by atoms with Crippen molar-refractivity contribution in [1.29, 1.82) is 0 Å². The maximum atomic E-state index is 10.6. The lowest BCUT2D eigenvalue weighted by molar-refractivity contribution is -0.384. The first-order valence-corrected chi connectivity index (χ1v) is 6.87. The summed E-state index contributed by atoms with van der Waals surface area (Å²) in [6, 6.07) is 6.35. The highest BCUT2D eigenvalue weighted by atomic mass is 79.9. The van der Waals surface area contributed by atoms with Crippen LogP contribution in [0.15, 0.2) is 38.8 Å². The van der Waals surface area contributed by atoms with E-state index >= 15 is 0 Å². The maximum Gasteiger partial charge on any atom is 0.269 e. The molecule has 7 nitrogen and oxygen atoms in total. The predicted molar refractivity (Wildman–Crippen MR) is 89.4 cm³/mol. The van der Waals surface area contributed by atoms with Crippen LogP contribution in [-0.4, -0.2) is 33.2 Å². The Kier molecular flexibility index (Phi) is 4.73. The van der Waals surface area contributed by atoms with Crippen LogP contribution < -0.4 is 0 Å². The van der Waals surface area contributed by atoms with Crippen LogP contribution in [0, 0.1) is 10.1 Å². The van der Waals surface area contributed by atoms with Gasteiger partial charge < -0.3 is 0 Å². The average Bonchev–Trinajstić information content (AvgIpc) is 2.89. The second-order valence-electron chi connectivity index (χ2n) is 4.21. The average molecular weight is 370 g/mol. The number of hydrazone groups is 1. The van der Waals surface area contributed by atoms with Crippen LogP contribution >= 0.6 is 28.9 Å². The summed E-state index contributed by atoms with van der Waals surface area (Å²) in [5, 5.41) is 17.7. The summed E-state index contributed by atoms with van der Waals surface area (Å²) in [6.45, 7) is 2.47. The zero-order valence-electron chi connectivity index (χ0n) is 11.1. The molecular weight excluding hydrogens is 358 g/mol. The minimum absolute atomic E-state index is 0. The molecule has 3 rings (SSSR count). The Labute approximate surface area is 135 Å². The summed E-state index contributed by atoms with van der Waals surface area (Å²) in [4.78, 5) is 14.7. The van der Waals surface area contributed by atoms with Crippen LogP contribution in [0.25, 0.3) is 0 Å². The number of halogens is 1. The van der Waals surface area contributed by atoms with Gasteiger partial charge >= 0.3 is 0 Å². The summed E-state index contributed by atoms with van der Waals surface area (Å²) < 4.78 is 4.30. The minimum atomic E-state index is -0.415. The number of nitro groups is 1. The van der Waals surface area contributed by atoms with Gasteiger partial charge in [0.05, 0.1) is 29.1 Å². The topological polar surface area (TPSA) is 83.5 Å². The molecule has 21 heavy (non-hydrogen) atoms. The molecule has 2 aliphatic heterocycles. The van der Waals surface area contributed by atoms with Crippen molar-refractivity contribution < 1.29 is 4.92 Å². The van der Waals surface area contributed by atoms with E-state index in [-0.39, 0.29) is 22.7 Å². The molecule has 0 unspecified atom stereocenters. The zero-order valence-corrected chi connectivity index (χ0v) is 13.6. The molecular formula is C12H12BrN5O2S. The lowest BCUT2D eigenvalue weighted by atomic mass is 10.1. The van der Waals surface area contributed by atoms with E-state index < -0.39 is 4.92 Å². The van der Waals surface area contributed by atoms with E-state index in [9.17, 15) is 10.1 Å². The van der Waals surface area contributed by atoms with Crippen molar-refractivity contribution in [2.45, 2.75) is 13.3 Å². The summed E-state index contributed by atoms with van der Waals surface area (Å²) in [5.41, 5.74) is 1.69. The standard InChI is InChI=1S/C12H11N5O2S.BrH/c1-2-11-15-20-12-13-7-10(14-16(11)12)8-3-5-9(6-4-8)17(18)19;/h3-6H,2,7H2,1H3;1H. The smallest absolute Gasteiger partial charge is 0.258 e. The molecule has 9 heteroatoms. The monoisotopic (exact) mass is 369 g/mol. The van der Waals surface area contributed by atoms with E-state index in [0.29, 0.717) is 6.54 Å². The number of aliphatic imine (C=N–C) groups is 1. The number of amidine groups is 2. The van der Waals surface area contributed by atoms with Gasteiger partial charge in [0.1, 0.15) is 5.84 Å². The first-order chi connectivity index (χ1) is 9.69. The number of hydrogen-bond donors (Lipinski definition) is 0. The second kappa shape index (κ2) is 6.35. The number of nitro benzene ring substituents is 1. The molecule has 2 aliphatic rings. The highest BCUT2D eigenvalue weighted by Gasteiger charge is 2.27. The van der Waals surface area contributed by atoms with Gasteiger partial charge in [-0.15, -0.1) is 17.0 Å². The Balaban J connectivity index is 0.00000161. The molecule has 0 saturated carbocycles. The molecule has 0 radical (unpaired) electrons. The van der Waals surface area contributed by atoms with E-state index in [4.69, 9.17) is 0 Å². The van der Waals surface area contributed by atoms with Gasteiger partial charge in [0.2, 0.25) is 5.17 Å². The molecule has 2 heterocycles. The quantitative estimate of drug-likeness (QED) is 0.465. The van der Waals surface area contributed by atoms with Crippen molar-refractivity contribution in [2.75, 3.05) is 6.54 Å². The minimum Gasteiger partial charge on any atom is -0.258 e. The van der Waals surface area contributed by atoms with E-state index in [2.05, 4.69) is 14.5 Å². The van der Waals surface area contributed by atoms with Crippen molar-refractivity contribution in [1.82, 2.24) is 5.01 Å². The molecule has 0 saturated heterocycles. The highest BCUT2D eigenvalue weighted by molar-refractivity contribution is 8.93. The fraction of sp³-hybridized carbons (Fsp3) is 0.250. The van der Waals surface area contributed by atoms with Crippen LogP contribution in [0.5, 0.6) is 0 Å². The molecule has 0 N–H and O–H groups in total. The molecule has 0 bridgehead atoms. The number of non-ortho nitro benzene ring substituents is 1. The lowest BCUT2D eigenvalue weighted by Gasteiger charge is -2.19.